The molecule has 1 saturated carbocycles. The highest BCUT2D eigenvalue weighted by Gasteiger charge is 2.58. The van der Waals surface area contributed by atoms with Crippen LogP contribution < -0.4 is 15.9 Å². The lowest BCUT2D eigenvalue weighted by Gasteiger charge is -2.31. The number of aryl methyl sites for hydroxylation is 1. The number of furan rings is 1. The van der Waals surface area contributed by atoms with Crippen LogP contribution >= 0.6 is 0 Å². The first-order valence-corrected chi connectivity index (χ1v) is 20.3. The summed E-state index contributed by atoms with van der Waals surface area (Å²) >= 11 is 0. The molecule has 0 saturated heterocycles. The van der Waals surface area contributed by atoms with Crippen molar-refractivity contribution in [3.63, 3.8) is 0 Å². The summed E-state index contributed by atoms with van der Waals surface area (Å²) in [4.78, 5) is 0. The Morgan fingerprint density at radius 1 is 0.865 bits per heavy atom. The average Bonchev–Trinajstić information content (AvgIpc) is 3.87. The largest absolute Gasteiger partial charge is 0.456 e. The second kappa shape index (κ2) is 10.5. The van der Waals surface area contributed by atoms with Crippen molar-refractivity contribution in [2.45, 2.75) is 76.3 Å². The van der Waals surface area contributed by atoms with Crippen molar-refractivity contribution < 1.29 is 4.42 Å². The maximum absolute atomic E-state index is 6.65. The summed E-state index contributed by atoms with van der Waals surface area (Å²) in [5.74, 6) is 4.24. The Morgan fingerprint density at radius 3 is 2.79 bits per heavy atom. The SMILES string of the molecule is C1=CCC2C(=C1)n1c3c(c4c1=C2CC=4)CC(c1ccc2oc4c(c2c1)CCC(C1C2NC(C5=CCC(C6C=CCCC6)C=C5)C5=C(C=CC5)C21)=C4)=C3. The Kier molecular flexibility index (Phi) is 5.84. The Labute approximate surface area is 305 Å². The van der Waals surface area contributed by atoms with Gasteiger partial charge < -0.3 is 14.3 Å². The third-order valence-corrected chi connectivity index (χ3v) is 14.7. The van der Waals surface area contributed by atoms with Crippen molar-refractivity contribution in [1.29, 1.82) is 0 Å². The fourth-order valence-electron chi connectivity index (χ4n) is 12.2. The third kappa shape index (κ3) is 3.90. The van der Waals surface area contributed by atoms with E-state index in [1.54, 1.807) is 22.3 Å². The molecule has 1 N–H and O–H groups in total. The first-order chi connectivity index (χ1) is 25.8. The smallest absolute Gasteiger partial charge is 0.135 e. The average molecular weight is 677 g/mol. The predicted molar refractivity (Wildman–Crippen MR) is 212 cm³/mol. The lowest BCUT2D eigenvalue weighted by atomic mass is 9.78. The molecule has 3 nitrogen and oxygen atoms in total. The minimum absolute atomic E-state index is 0.359. The van der Waals surface area contributed by atoms with Crippen LogP contribution in [0.1, 0.15) is 79.5 Å². The standard InChI is InChI=1S/C49H44N2O/c1-2-7-27(8-3-1)28-13-15-29(16-14-28)47-36-11-6-10-35(36)46-45(48(46)50-47)31-17-19-34-40-23-30(18-22-43(40)52-44(34)26-31)32-24-39-38-21-20-37-33-9-4-5-12-41(33)51(49(37)38)42(39)25-32/h2,4-7,10,12-13,15-16,18,21-23,25-28,33,45-48,50H,1,3,8-9,11,14,17,19-20,24H2. The predicted octanol–water partition coefficient (Wildman–Crippen LogP) is 9.13. The Bertz CT molecular complexity index is 2600. The molecule has 1 fully saturated rings. The van der Waals surface area contributed by atoms with Crippen LogP contribution in [0.4, 0.5) is 0 Å². The van der Waals surface area contributed by atoms with E-state index in [9.17, 15) is 0 Å². The molecule has 3 aromatic rings. The van der Waals surface area contributed by atoms with Gasteiger partial charge in [-0.3, -0.25) is 0 Å². The molecular weight excluding hydrogens is 633 g/mol. The van der Waals surface area contributed by atoms with Gasteiger partial charge in [-0.1, -0.05) is 72.4 Å². The van der Waals surface area contributed by atoms with Crippen LogP contribution in [-0.2, 0) is 12.8 Å². The van der Waals surface area contributed by atoms with Crippen LogP contribution in [0.3, 0.4) is 0 Å². The van der Waals surface area contributed by atoms with Crippen molar-refractivity contribution in [3.05, 3.63) is 140 Å². The number of allylic oxidation sites excluding steroid dienone is 11. The molecule has 1 aromatic carbocycles. The number of rotatable bonds is 4. The number of nitrogens with one attached hydrogen (secondary N) is 1. The second-order valence-electron chi connectivity index (χ2n) is 17.2. The highest BCUT2D eigenvalue weighted by atomic mass is 16.3. The van der Waals surface area contributed by atoms with Crippen LogP contribution in [0.15, 0.2) is 106 Å². The quantitative estimate of drug-likeness (QED) is 0.280. The van der Waals surface area contributed by atoms with Gasteiger partial charge in [0, 0.05) is 52.1 Å². The summed E-state index contributed by atoms with van der Waals surface area (Å²) in [7, 11) is 0. The van der Waals surface area contributed by atoms with Crippen LogP contribution in [0.5, 0.6) is 0 Å². The molecule has 0 spiro atoms. The first-order valence-electron chi connectivity index (χ1n) is 20.3. The van der Waals surface area contributed by atoms with Gasteiger partial charge in [0.2, 0.25) is 0 Å². The molecule has 52 heavy (non-hydrogen) atoms. The Hall–Kier alpha value is -4.60. The number of hydrogen-bond acceptors (Lipinski definition) is 2. The van der Waals surface area contributed by atoms with Gasteiger partial charge >= 0.3 is 0 Å². The summed E-state index contributed by atoms with van der Waals surface area (Å²) in [6, 6.07) is 7.87. The second-order valence-corrected chi connectivity index (χ2v) is 17.2. The molecule has 13 rings (SSSR count). The topological polar surface area (TPSA) is 30.1 Å². The molecule has 256 valence electrons. The normalized spacial score (nSPS) is 32.5. The highest BCUT2D eigenvalue weighted by Crippen LogP contribution is 2.58. The summed E-state index contributed by atoms with van der Waals surface area (Å²) in [6.45, 7) is 0. The van der Waals surface area contributed by atoms with Gasteiger partial charge in [0.05, 0.1) is 17.1 Å². The van der Waals surface area contributed by atoms with E-state index in [1.165, 1.54) is 80.9 Å². The van der Waals surface area contributed by atoms with Crippen molar-refractivity contribution in [2.75, 3.05) is 0 Å². The van der Waals surface area contributed by atoms with Crippen molar-refractivity contribution in [3.8, 4) is 0 Å². The van der Waals surface area contributed by atoms with Gasteiger partial charge in [-0.05, 0) is 139 Å². The van der Waals surface area contributed by atoms with Gasteiger partial charge in [-0.15, -0.1) is 0 Å². The molecule has 4 heterocycles. The Balaban J connectivity index is 0.780. The molecule has 10 aliphatic rings. The lowest BCUT2D eigenvalue weighted by molar-refractivity contribution is 0.418. The summed E-state index contributed by atoms with van der Waals surface area (Å²) in [5, 5.41) is 8.53. The third-order valence-electron chi connectivity index (χ3n) is 14.7. The molecule has 7 unspecified atom stereocenters. The number of hydrogen-bond donors (Lipinski definition) is 1. The monoisotopic (exact) mass is 676 g/mol. The van der Waals surface area contributed by atoms with Gasteiger partial charge in [0.15, 0.2) is 0 Å². The van der Waals surface area contributed by atoms with Crippen molar-refractivity contribution in [2.24, 2.45) is 29.6 Å². The Morgan fingerprint density at radius 2 is 1.87 bits per heavy atom. The molecule has 0 radical (unpaired) electrons. The van der Waals surface area contributed by atoms with Gasteiger partial charge in [-0.25, -0.2) is 0 Å². The molecule has 0 amide bonds. The van der Waals surface area contributed by atoms with Crippen LogP contribution in [-0.4, -0.2) is 16.7 Å². The van der Waals surface area contributed by atoms with E-state index in [1.807, 2.05) is 0 Å². The summed E-state index contributed by atoms with van der Waals surface area (Å²) in [6.07, 6.45) is 43.4. The zero-order chi connectivity index (χ0) is 33.7. The minimum atomic E-state index is 0.359. The maximum Gasteiger partial charge on any atom is 0.135 e. The fourth-order valence-corrected chi connectivity index (χ4v) is 12.2. The number of aromatic nitrogens is 1. The van der Waals surface area contributed by atoms with E-state index >= 15 is 0 Å². The van der Waals surface area contributed by atoms with Gasteiger partial charge in [0.1, 0.15) is 11.3 Å². The first kappa shape index (κ1) is 28.9. The van der Waals surface area contributed by atoms with E-state index in [2.05, 4.69) is 107 Å². The van der Waals surface area contributed by atoms with Crippen molar-refractivity contribution >= 4 is 46.0 Å². The summed E-state index contributed by atoms with van der Waals surface area (Å²) < 4.78 is 9.26. The number of fused-ring (bicyclic) bond motifs is 11. The van der Waals surface area contributed by atoms with E-state index in [0.717, 1.165) is 55.8 Å². The molecule has 7 atom stereocenters. The van der Waals surface area contributed by atoms with E-state index < -0.39 is 0 Å². The lowest BCUT2D eigenvalue weighted by Crippen LogP contribution is -2.39. The van der Waals surface area contributed by atoms with E-state index in [0.29, 0.717) is 35.8 Å². The molecule has 8 aliphatic carbocycles. The zero-order valence-corrected chi connectivity index (χ0v) is 29.7. The molecular formula is C49H44N2O. The van der Waals surface area contributed by atoms with Crippen molar-refractivity contribution in [1.82, 2.24) is 9.88 Å². The fraction of sp³-hybridized carbons (Fsp3) is 0.347. The van der Waals surface area contributed by atoms with Gasteiger partial charge in [-0.2, -0.15) is 0 Å². The van der Waals surface area contributed by atoms with Gasteiger partial charge in [0.25, 0.3) is 0 Å². The summed E-state index contributed by atoms with van der Waals surface area (Å²) in [5.41, 5.74) is 17.7. The highest BCUT2D eigenvalue weighted by molar-refractivity contribution is 5.95. The zero-order valence-electron chi connectivity index (χ0n) is 29.7. The van der Waals surface area contributed by atoms with Crippen LogP contribution in [0.25, 0.3) is 46.0 Å². The maximum atomic E-state index is 6.65. The molecule has 3 heteroatoms. The van der Waals surface area contributed by atoms with E-state index in [4.69, 9.17) is 4.42 Å². The molecule has 2 aliphatic heterocycles. The minimum Gasteiger partial charge on any atom is -0.456 e. The molecule has 2 aromatic heterocycles. The number of nitrogens with zero attached hydrogens (tertiary/aromatic N) is 1. The van der Waals surface area contributed by atoms with Crippen LogP contribution in [0, 0.1) is 29.6 Å². The van der Waals surface area contributed by atoms with Crippen LogP contribution in [0.2, 0.25) is 0 Å². The number of benzene rings is 1. The van der Waals surface area contributed by atoms with E-state index in [-0.39, 0.29) is 0 Å². The molecule has 0 bridgehead atoms.